The van der Waals surface area contributed by atoms with E-state index in [4.69, 9.17) is 0 Å². The molecule has 2 nitrogen and oxygen atoms in total. The van der Waals surface area contributed by atoms with Crippen molar-refractivity contribution in [1.82, 2.24) is 4.48 Å². The molecule has 1 aromatic carbocycles. The molecule has 0 N–H and O–H groups in total. The number of allylic oxidation sites excluding steroid dienone is 2. The van der Waals surface area contributed by atoms with Gasteiger partial charge in [-0.2, -0.15) is 0 Å². The molecule has 26 heavy (non-hydrogen) atoms. The molecule has 2 aliphatic heterocycles. The molecule has 6 heteroatoms. The first kappa shape index (κ1) is 16.9. The second-order valence-electron chi connectivity index (χ2n) is 7.27. The van der Waals surface area contributed by atoms with Gasteiger partial charge in [-0.1, -0.05) is 18.2 Å². The first-order valence-corrected chi connectivity index (χ1v) is 8.68. The van der Waals surface area contributed by atoms with Crippen molar-refractivity contribution in [1.29, 1.82) is 0 Å². The van der Waals surface area contributed by atoms with Gasteiger partial charge in [0.2, 0.25) is 0 Å². The summed E-state index contributed by atoms with van der Waals surface area (Å²) in [6.07, 6.45) is 1.75. The Morgan fingerprint density at radius 1 is 1.00 bits per heavy atom. The summed E-state index contributed by atoms with van der Waals surface area (Å²) in [4.78, 5) is 0. The van der Waals surface area contributed by atoms with Crippen LogP contribution >= 0.6 is 0 Å². The van der Waals surface area contributed by atoms with E-state index in [2.05, 4.69) is 0 Å². The molecule has 0 saturated carbocycles. The SMILES string of the molecule is CC1=CC(C)=[N+]2C1=C(c1cccc(C)c1F)c1c(C)cc(C)n1[B-]2(F)F. The fourth-order valence-corrected chi connectivity index (χ4v) is 4.39. The smallest absolute Gasteiger partial charge is 0.393 e. The molecular weight excluding hydrogens is 336 g/mol. The monoisotopic (exact) mass is 356 g/mol. The van der Waals surface area contributed by atoms with Crippen molar-refractivity contribution in [3.63, 3.8) is 0 Å². The largest absolute Gasteiger partial charge is 0.737 e. The van der Waals surface area contributed by atoms with Gasteiger partial charge in [-0.15, -0.1) is 0 Å². The predicted octanol–water partition coefficient (Wildman–Crippen LogP) is 4.98. The minimum Gasteiger partial charge on any atom is -0.393 e. The number of aromatic nitrogens is 1. The number of nitrogens with zero attached hydrogens (tertiary/aromatic N) is 2. The molecule has 0 bridgehead atoms. The maximum Gasteiger partial charge on any atom is 0.737 e. The van der Waals surface area contributed by atoms with Gasteiger partial charge in [0.15, 0.2) is 5.70 Å². The fourth-order valence-electron chi connectivity index (χ4n) is 4.39. The summed E-state index contributed by atoms with van der Waals surface area (Å²) in [5, 5.41) is 0. The van der Waals surface area contributed by atoms with E-state index in [9.17, 15) is 0 Å². The van der Waals surface area contributed by atoms with E-state index in [1.165, 1.54) is 0 Å². The molecule has 0 amide bonds. The number of benzene rings is 1. The molecule has 2 aromatic rings. The normalized spacial score (nSPS) is 18.2. The van der Waals surface area contributed by atoms with Gasteiger partial charge in [-0.3, -0.25) is 0 Å². The zero-order valence-corrected chi connectivity index (χ0v) is 15.5. The highest BCUT2D eigenvalue weighted by molar-refractivity contribution is 6.58. The van der Waals surface area contributed by atoms with E-state index < -0.39 is 6.97 Å². The van der Waals surface area contributed by atoms with E-state index in [1.54, 1.807) is 65.0 Å². The highest BCUT2D eigenvalue weighted by Crippen LogP contribution is 2.44. The lowest BCUT2D eigenvalue weighted by Gasteiger charge is -2.34. The Kier molecular flexibility index (Phi) is 3.42. The second kappa shape index (κ2) is 5.25. The summed E-state index contributed by atoms with van der Waals surface area (Å²) in [7, 11) is 0. The average Bonchev–Trinajstić information content (AvgIpc) is 3.01. The molecule has 0 radical (unpaired) electrons. The van der Waals surface area contributed by atoms with E-state index in [0.717, 1.165) is 20.1 Å². The van der Waals surface area contributed by atoms with Crippen molar-refractivity contribution in [2.75, 3.05) is 0 Å². The maximum atomic E-state index is 15.5. The number of hydrogen-bond acceptors (Lipinski definition) is 0. The van der Waals surface area contributed by atoms with Crippen molar-refractivity contribution in [2.45, 2.75) is 34.6 Å². The van der Waals surface area contributed by atoms with E-state index in [-0.39, 0.29) is 5.82 Å². The molecule has 0 saturated heterocycles. The third-order valence-corrected chi connectivity index (χ3v) is 5.40. The maximum absolute atomic E-state index is 15.5. The first-order chi connectivity index (χ1) is 12.2. The molecule has 0 fully saturated rings. The first-order valence-electron chi connectivity index (χ1n) is 8.68. The van der Waals surface area contributed by atoms with Crippen LogP contribution in [0.3, 0.4) is 0 Å². The van der Waals surface area contributed by atoms with E-state index in [0.29, 0.717) is 39.5 Å². The van der Waals surface area contributed by atoms with Gasteiger partial charge >= 0.3 is 6.97 Å². The third-order valence-electron chi connectivity index (χ3n) is 5.40. The number of hydrogen-bond donors (Lipinski definition) is 0. The Hall–Kier alpha value is -2.50. The summed E-state index contributed by atoms with van der Waals surface area (Å²) in [6.45, 7) is 4.61. The average molecular weight is 356 g/mol. The zero-order chi connectivity index (χ0) is 19.0. The third kappa shape index (κ3) is 1.98. The van der Waals surface area contributed by atoms with Crippen LogP contribution in [0.1, 0.15) is 41.9 Å². The van der Waals surface area contributed by atoms with Crippen molar-refractivity contribution >= 4 is 18.3 Å². The second-order valence-corrected chi connectivity index (χ2v) is 7.27. The summed E-state index contributed by atoms with van der Waals surface area (Å²) in [6, 6.07) is 6.88. The number of fused-ring (bicyclic) bond motifs is 2. The number of halogens is 3. The van der Waals surface area contributed by atoms with Crippen molar-refractivity contribution in [2.24, 2.45) is 0 Å². The minimum absolute atomic E-state index is 0.362. The summed E-state index contributed by atoms with van der Waals surface area (Å²) in [5.41, 5.74) is 4.62. The van der Waals surface area contributed by atoms with Crippen LogP contribution in [-0.2, 0) is 0 Å². The Morgan fingerprint density at radius 3 is 2.38 bits per heavy atom. The Morgan fingerprint density at radius 2 is 1.69 bits per heavy atom. The van der Waals surface area contributed by atoms with Gasteiger partial charge < -0.3 is 17.6 Å². The molecule has 4 rings (SSSR count). The summed E-state index contributed by atoms with van der Waals surface area (Å²) in [5.74, 6) is -0.366. The zero-order valence-electron chi connectivity index (χ0n) is 15.5. The lowest BCUT2D eigenvalue weighted by Crippen LogP contribution is -2.51. The van der Waals surface area contributed by atoms with E-state index >= 15 is 13.0 Å². The molecule has 0 spiro atoms. The van der Waals surface area contributed by atoms with Crippen LogP contribution in [0.4, 0.5) is 13.0 Å². The predicted molar refractivity (Wildman–Crippen MR) is 99.1 cm³/mol. The highest BCUT2D eigenvalue weighted by atomic mass is 19.2. The van der Waals surface area contributed by atoms with Crippen LogP contribution in [0.5, 0.6) is 0 Å². The Bertz CT molecular complexity index is 1070. The molecule has 134 valence electrons. The van der Waals surface area contributed by atoms with Crippen LogP contribution in [-0.4, -0.2) is 21.6 Å². The van der Waals surface area contributed by atoms with Gasteiger partial charge in [0, 0.05) is 29.8 Å². The molecular formula is C20H20BF3N2. The number of aryl methyl sites for hydroxylation is 3. The Balaban J connectivity index is 2.22. The molecule has 1 aromatic heterocycles. The molecule has 0 aliphatic carbocycles. The quantitative estimate of drug-likeness (QED) is 0.637. The minimum atomic E-state index is -4.03. The van der Waals surface area contributed by atoms with E-state index in [1.807, 2.05) is 0 Å². The molecule has 0 unspecified atom stereocenters. The molecule has 0 atom stereocenters. The standard InChI is InChI=1S/C20H20BF3N2/c1-11-7-6-8-16(18(11)22)17-19-12(2)9-14(4)25(19)21(23,24)26-15(5)10-13(3)20(17)26/h6-10H,1-5H3. The van der Waals surface area contributed by atoms with Crippen molar-refractivity contribution in [3.8, 4) is 0 Å². The molecule has 2 aliphatic rings. The summed E-state index contributed by atoms with van der Waals surface area (Å²) >= 11 is 0. The van der Waals surface area contributed by atoms with Crippen LogP contribution in [0.15, 0.2) is 41.6 Å². The van der Waals surface area contributed by atoms with Gasteiger partial charge in [-0.05, 0) is 50.6 Å². The van der Waals surface area contributed by atoms with Crippen LogP contribution in [0.25, 0.3) is 5.57 Å². The van der Waals surface area contributed by atoms with Gasteiger partial charge in [0.1, 0.15) is 11.5 Å². The van der Waals surface area contributed by atoms with Gasteiger partial charge in [0.05, 0.1) is 5.57 Å². The van der Waals surface area contributed by atoms with Gasteiger partial charge in [-0.25, -0.2) is 4.39 Å². The highest BCUT2D eigenvalue weighted by Gasteiger charge is 2.55. The Labute approximate surface area is 151 Å². The van der Waals surface area contributed by atoms with Crippen LogP contribution in [0.2, 0.25) is 0 Å². The lowest BCUT2D eigenvalue weighted by molar-refractivity contribution is -0.363. The molecule has 3 heterocycles. The topological polar surface area (TPSA) is 7.94 Å². The van der Waals surface area contributed by atoms with Crippen molar-refractivity contribution in [3.05, 3.63) is 75.5 Å². The lowest BCUT2D eigenvalue weighted by atomic mass is 9.83. The van der Waals surface area contributed by atoms with Crippen LogP contribution in [0, 0.1) is 26.6 Å². The van der Waals surface area contributed by atoms with Gasteiger partial charge in [0.25, 0.3) is 0 Å². The van der Waals surface area contributed by atoms with Crippen molar-refractivity contribution < 1.29 is 17.5 Å². The fraction of sp³-hybridized carbons (Fsp3) is 0.250. The number of rotatable bonds is 1. The van der Waals surface area contributed by atoms with Crippen LogP contribution < -0.4 is 0 Å². The summed E-state index contributed by atoms with van der Waals surface area (Å²) < 4.78 is 48.2.